The Labute approximate surface area is 163 Å². The molecule has 1 amide bonds. The fraction of sp³-hybridized carbons (Fsp3) is 0.556. The maximum atomic E-state index is 12.5. The summed E-state index contributed by atoms with van der Waals surface area (Å²) in [5.41, 5.74) is 0.542. The Morgan fingerprint density at radius 1 is 1.44 bits per heavy atom. The van der Waals surface area contributed by atoms with Crippen LogP contribution in [0.15, 0.2) is 29.2 Å². The number of nitriles is 1. The fourth-order valence-corrected chi connectivity index (χ4v) is 4.99. The van der Waals surface area contributed by atoms with Crippen LogP contribution in [0.3, 0.4) is 0 Å². The molecule has 0 bridgehead atoms. The average molecular weight is 394 g/mol. The van der Waals surface area contributed by atoms with Gasteiger partial charge >= 0.3 is 0 Å². The van der Waals surface area contributed by atoms with Crippen molar-refractivity contribution in [2.24, 2.45) is 5.41 Å². The Morgan fingerprint density at radius 2 is 2.16 bits per heavy atom. The van der Waals surface area contributed by atoms with E-state index in [0.717, 1.165) is 43.9 Å². The number of hydrogen-bond acceptors (Lipinski definition) is 6. The number of amides is 1. The van der Waals surface area contributed by atoms with Crippen LogP contribution in [-0.4, -0.2) is 42.1 Å². The summed E-state index contributed by atoms with van der Waals surface area (Å²) in [5, 5.41) is 10.2. The highest BCUT2D eigenvalue weighted by Crippen LogP contribution is 2.46. The summed E-state index contributed by atoms with van der Waals surface area (Å²) >= 11 is 5.99. The Kier molecular flexibility index (Phi) is 6.13. The Hall–Kier alpha value is -0.970. The van der Waals surface area contributed by atoms with Gasteiger partial charge in [-0.3, -0.25) is 4.79 Å². The van der Waals surface area contributed by atoms with E-state index < -0.39 is 5.41 Å². The molecule has 1 saturated carbocycles. The molecule has 25 heavy (non-hydrogen) atoms. The summed E-state index contributed by atoms with van der Waals surface area (Å²) in [4.78, 5) is 18.0. The molecule has 0 N–H and O–H groups in total. The quantitative estimate of drug-likeness (QED) is 0.342. The molecule has 1 saturated heterocycles. The van der Waals surface area contributed by atoms with Gasteiger partial charge in [-0.05, 0) is 43.9 Å². The van der Waals surface area contributed by atoms with Crippen molar-refractivity contribution >= 4 is 45.8 Å². The van der Waals surface area contributed by atoms with Crippen LogP contribution in [-0.2, 0) is 4.79 Å². The van der Waals surface area contributed by atoms with Gasteiger partial charge in [-0.2, -0.15) is 5.26 Å². The Balaban J connectivity index is 1.57. The summed E-state index contributed by atoms with van der Waals surface area (Å²) in [7, 11) is 3.40. The van der Waals surface area contributed by atoms with E-state index in [-0.39, 0.29) is 11.9 Å². The van der Waals surface area contributed by atoms with Crippen molar-refractivity contribution in [2.75, 3.05) is 30.1 Å². The second-order valence-corrected chi connectivity index (χ2v) is 9.45. The summed E-state index contributed by atoms with van der Waals surface area (Å²) in [6.07, 6.45) is 3.35. The number of thioether (sulfide) groups is 1. The van der Waals surface area contributed by atoms with Crippen LogP contribution >= 0.6 is 34.2 Å². The Morgan fingerprint density at radius 3 is 2.76 bits per heavy atom. The zero-order chi connectivity index (χ0) is 17.9. The van der Waals surface area contributed by atoms with Gasteiger partial charge in [0.05, 0.1) is 11.2 Å². The molecule has 2 aliphatic rings. The van der Waals surface area contributed by atoms with Crippen molar-refractivity contribution in [2.45, 2.75) is 36.6 Å². The monoisotopic (exact) mass is 393 g/mol. The SMILES string of the molecule is CN(C(=O)C1(C#N)CC1)C1CCN(c2cccc(SCSS)c2)CC1. The first kappa shape index (κ1) is 18.8. The van der Waals surface area contributed by atoms with Crippen molar-refractivity contribution in [3.63, 3.8) is 0 Å². The molecule has 2 fully saturated rings. The third-order valence-electron chi connectivity index (χ3n) is 5.17. The third-order valence-corrected chi connectivity index (χ3v) is 7.60. The number of nitrogens with zero attached hydrogens (tertiary/aromatic N) is 3. The lowest BCUT2D eigenvalue weighted by atomic mass is 10.00. The largest absolute Gasteiger partial charge is 0.371 e. The number of piperidine rings is 1. The van der Waals surface area contributed by atoms with Crippen LogP contribution in [0.5, 0.6) is 0 Å². The maximum Gasteiger partial charge on any atom is 0.243 e. The smallest absolute Gasteiger partial charge is 0.243 e. The maximum absolute atomic E-state index is 12.5. The number of hydrogen-bond donors (Lipinski definition) is 1. The molecule has 3 rings (SSSR count). The van der Waals surface area contributed by atoms with Gasteiger partial charge in [-0.1, -0.05) is 16.9 Å². The van der Waals surface area contributed by atoms with Gasteiger partial charge in [-0.25, -0.2) is 0 Å². The molecule has 0 spiro atoms. The molecule has 1 aromatic rings. The normalized spacial score (nSPS) is 19.3. The van der Waals surface area contributed by atoms with E-state index in [1.54, 1.807) is 11.8 Å². The first-order chi connectivity index (χ1) is 12.1. The molecule has 0 aromatic heterocycles. The Bertz CT molecular complexity index is 664. The lowest BCUT2D eigenvalue weighted by molar-refractivity contribution is -0.136. The molecule has 134 valence electrons. The second kappa shape index (κ2) is 8.15. The van der Waals surface area contributed by atoms with Crippen LogP contribution in [0.2, 0.25) is 0 Å². The molecule has 1 heterocycles. The molecule has 7 heteroatoms. The second-order valence-electron chi connectivity index (χ2n) is 6.72. The third kappa shape index (κ3) is 4.24. The predicted octanol–water partition coefficient (Wildman–Crippen LogP) is 4.05. The lowest BCUT2D eigenvalue weighted by Crippen LogP contribution is -2.47. The van der Waals surface area contributed by atoms with E-state index in [2.05, 4.69) is 46.9 Å². The summed E-state index contributed by atoms with van der Waals surface area (Å²) in [6.45, 7) is 1.88. The highest BCUT2D eigenvalue weighted by atomic mass is 33.1. The van der Waals surface area contributed by atoms with Crippen molar-refractivity contribution in [3.05, 3.63) is 24.3 Å². The molecule has 0 atom stereocenters. The zero-order valence-electron chi connectivity index (χ0n) is 14.4. The van der Waals surface area contributed by atoms with Crippen LogP contribution in [0.25, 0.3) is 0 Å². The first-order valence-electron chi connectivity index (χ1n) is 8.52. The minimum absolute atomic E-state index is 0.0242. The molecular formula is C18H23N3OS3. The molecule has 1 aliphatic carbocycles. The van der Waals surface area contributed by atoms with Gasteiger partial charge in [0, 0.05) is 36.8 Å². The number of carbonyl (C=O) groups is 1. The minimum Gasteiger partial charge on any atom is -0.371 e. The number of benzene rings is 1. The van der Waals surface area contributed by atoms with Crippen molar-refractivity contribution in [1.82, 2.24) is 4.90 Å². The fourth-order valence-electron chi connectivity index (χ4n) is 3.38. The van der Waals surface area contributed by atoms with E-state index >= 15 is 0 Å². The van der Waals surface area contributed by atoms with Crippen molar-refractivity contribution < 1.29 is 4.79 Å². The van der Waals surface area contributed by atoms with Gasteiger partial charge < -0.3 is 9.80 Å². The summed E-state index contributed by atoms with van der Waals surface area (Å²) in [5.74, 6) is 0.0242. The summed E-state index contributed by atoms with van der Waals surface area (Å²) < 4.78 is 0. The van der Waals surface area contributed by atoms with Crippen LogP contribution in [0.1, 0.15) is 25.7 Å². The van der Waals surface area contributed by atoms with E-state index in [1.807, 2.05) is 11.9 Å². The number of anilines is 1. The van der Waals surface area contributed by atoms with Gasteiger partial charge in [0.1, 0.15) is 5.41 Å². The highest BCUT2D eigenvalue weighted by molar-refractivity contribution is 8.70. The van der Waals surface area contributed by atoms with Crippen molar-refractivity contribution in [3.8, 4) is 6.07 Å². The first-order valence-corrected chi connectivity index (χ1v) is 11.5. The van der Waals surface area contributed by atoms with E-state index in [4.69, 9.17) is 0 Å². The standard InChI is InChI=1S/C18H23N3OS3/c1-20(17(22)18(12-19)7-8-18)14-5-9-21(10-6-14)15-3-2-4-16(11-15)24-13-25-23/h2-4,11,14,23H,5-10,13H2,1H3. The molecule has 0 unspecified atom stereocenters. The van der Waals surface area contributed by atoms with Gasteiger partial charge in [-0.15, -0.1) is 23.4 Å². The van der Waals surface area contributed by atoms with E-state index in [1.165, 1.54) is 21.4 Å². The van der Waals surface area contributed by atoms with Crippen LogP contribution < -0.4 is 4.90 Å². The number of carbonyl (C=O) groups excluding carboxylic acids is 1. The van der Waals surface area contributed by atoms with Crippen LogP contribution in [0.4, 0.5) is 5.69 Å². The number of thiol groups is 1. The minimum atomic E-state index is -0.706. The van der Waals surface area contributed by atoms with Crippen LogP contribution in [0, 0.1) is 16.7 Å². The van der Waals surface area contributed by atoms with Gasteiger partial charge in [0.2, 0.25) is 5.91 Å². The molecular weight excluding hydrogens is 370 g/mol. The topological polar surface area (TPSA) is 47.3 Å². The highest BCUT2D eigenvalue weighted by Gasteiger charge is 2.52. The lowest BCUT2D eigenvalue weighted by Gasteiger charge is -2.38. The molecule has 4 nitrogen and oxygen atoms in total. The zero-order valence-corrected chi connectivity index (χ0v) is 16.9. The molecule has 1 aliphatic heterocycles. The molecule has 0 radical (unpaired) electrons. The summed E-state index contributed by atoms with van der Waals surface area (Å²) in [6, 6.07) is 11.1. The van der Waals surface area contributed by atoms with E-state index in [0.29, 0.717) is 0 Å². The van der Waals surface area contributed by atoms with Gasteiger partial charge in [0.15, 0.2) is 0 Å². The van der Waals surface area contributed by atoms with E-state index in [9.17, 15) is 10.1 Å². The predicted molar refractivity (Wildman–Crippen MR) is 109 cm³/mol. The molecule has 1 aromatic carbocycles. The number of rotatable bonds is 6. The average Bonchev–Trinajstić information content (AvgIpc) is 3.47. The van der Waals surface area contributed by atoms with Crippen molar-refractivity contribution in [1.29, 1.82) is 5.26 Å². The van der Waals surface area contributed by atoms with Gasteiger partial charge in [0.25, 0.3) is 0 Å².